The van der Waals surface area contributed by atoms with Gasteiger partial charge in [0.1, 0.15) is 11.3 Å². The molecule has 4 rings (SSSR count). The van der Waals surface area contributed by atoms with Gasteiger partial charge in [0, 0.05) is 39.4 Å². The monoisotopic (exact) mass is 447 g/mol. The Bertz CT molecular complexity index is 780. The molecule has 3 aliphatic rings. The molecule has 3 fully saturated rings. The first kappa shape index (κ1) is 23.6. The van der Waals surface area contributed by atoms with E-state index in [1.165, 1.54) is 12.8 Å². The molecule has 1 N–H and O–H groups in total. The van der Waals surface area contributed by atoms with Crippen molar-refractivity contribution >= 4 is 11.9 Å². The normalized spacial score (nSPS) is 25.0. The highest BCUT2D eigenvalue weighted by molar-refractivity contribution is 5.92. The number of alkyl halides is 3. The minimum absolute atomic E-state index is 0.0863. The van der Waals surface area contributed by atoms with Crippen molar-refractivity contribution in [2.24, 2.45) is 13.0 Å². The maximum absolute atomic E-state index is 12.9. The molecule has 1 unspecified atom stereocenters. The predicted molar refractivity (Wildman–Crippen MR) is 104 cm³/mol. The first-order chi connectivity index (χ1) is 14.6. The summed E-state index contributed by atoms with van der Waals surface area (Å²) in [4.78, 5) is 26.2. The maximum Gasteiger partial charge on any atom is 0.490 e. The van der Waals surface area contributed by atoms with E-state index < -0.39 is 12.1 Å². The van der Waals surface area contributed by atoms with Gasteiger partial charge in [-0.25, -0.2) is 4.79 Å². The van der Waals surface area contributed by atoms with Crippen LogP contribution in [-0.4, -0.2) is 95.7 Å². The fourth-order valence-corrected chi connectivity index (χ4v) is 3.85. The standard InChI is InChI=1S/C18H27N3O3.C2HF3O2/c1-19-6-2-3-16(19)17(22)21-8-10-24-18(13-21)12-20(7-9-23-14-18)11-15-4-5-15;3-2(4,5)1(6)7/h2-3,6,15H,4-5,7-14H2,1H3;(H,6,7). The Morgan fingerprint density at radius 2 is 1.94 bits per heavy atom. The van der Waals surface area contributed by atoms with Gasteiger partial charge in [-0.05, 0) is 30.9 Å². The predicted octanol–water partition coefficient (Wildman–Crippen LogP) is 1.61. The van der Waals surface area contributed by atoms with Crippen LogP contribution in [0.3, 0.4) is 0 Å². The second-order valence-corrected chi connectivity index (χ2v) is 8.30. The number of carboxylic acid groups (broad SMARTS) is 1. The van der Waals surface area contributed by atoms with Gasteiger partial charge < -0.3 is 24.0 Å². The summed E-state index contributed by atoms with van der Waals surface area (Å²) in [6, 6.07) is 3.79. The lowest BCUT2D eigenvalue weighted by Gasteiger charge is -2.43. The quantitative estimate of drug-likeness (QED) is 0.758. The molecule has 174 valence electrons. The number of aliphatic carboxylic acids is 1. The zero-order valence-corrected chi connectivity index (χ0v) is 17.4. The van der Waals surface area contributed by atoms with Crippen LogP contribution in [0.1, 0.15) is 23.3 Å². The molecule has 1 saturated carbocycles. The Morgan fingerprint density at radius 3 is 2.52 bits per heavy atom. The van der Waals surface area contributed by atoms with Crippen molar-refractivity contribution in [3.05, 3.63) is 24.0 Å². The van der Waals surface area contributed by atoms with Gasteiger partial charge in [-0.1, -0.05) is 0 Å². The van der Waals surface area contributed by atoms with E-state index in [2.05, 4.69) is 4.90 Å². The molecule has 0 aromatic carbocycles. The third-order valence-corrected chi connectivity index (χ3v) is 5.58. The van der Waals surface area contributed by atoms with Crippen molar-refractivity contribution in [1.29, 1.82) is 0 Å². The molecule has 2 aliphatic heterocycles. The zero-order chi connectivity index (χ0) is 22.6. The number of carboxylic acids is 1. The molecule has 1 aliphatic carbocycles. The number of hydrogen-bond donors (Lipinski definition) is 1. The van der Waals surface area contributed by atoms with Crippen molar-refractivity contribution in [2.45, 2.75) is 24.6 Å². The Morgan fingerprint density at radius 1 is 1.23 bits per heavy atom. The van der Waals surface area contributed by atoms with Crippen LogP contribution in [0.2, 0.25) is 0 Å². The lowest BCUT2D eigenvalue weighted by molar-refractivity contribution is -0.192. The Balaban J connectivity index is 0.000000339. The number of carbonyl (C=O) groups is 2. The molecule has 8 nitrogen and oxygen atoms in total. The summed E-state index contributed by atoms with van der Waals surface area (Å²) in [6.07, 6.45) is -0.470. The SMILES string of the molecule is Cn1cccc1C(=O)N1CCOC2(COCCN(CC3CC3)C2)C1.O=C(O)C(F)(F)F. The van der Waals surface area contributed by atoms with Gasteiger partial charge >= 0.3 is 12.1 Å². The Kier molecular flexibility index (Phi) is 7.28. The number of halogens is 3. The van der Waals surface area contributed by atoms with Gasteiger partial charge in [-0.3, -0.25) is 9.69 Å². The molecular weight excluding hydrogens is 419 g/mol. The minimum Gasteiger partial charge on any atom is -0.475 e. The van der Waals surface area contributed by atoms with Crippen LogP contribution in [-0.2, 0) is 21.3 Å². The summed E-state index contributed by atoms with van der Waals surface area (Å²) in [5.41, 5.74) is 0.348. The lowest BCUT2D eigenvalue weighted by Crippen LogP contribution is -2.60. The van der Waals surface area contributed by atoms with E-state index in [0.29, 0.717) is 26.3 Å². The van der Waals surface area contributed by atoms with E-state index in [0.717, 1.165) is 37.9 Å². The molecule has 1 spiro atoms. The van der Waals surface area contributed by atoms with E-state index in [4.69, 9.17) is 19.4 Å². The number of aromatic nitrogens is 1. The molecule has 2 saturated heterocycles. The van der Waals surface area contributed by atoms with Crippen molar-refractivity contribution < 1.29 is 37.3 Å². The summed E-state index contributed by atoms with van der Waals surface area (Å²) in [5, 5.41) is 7.12. The smallest absolute Gasteiger partial charge is 0.475 e. The zero-order valence-electron chi connectivity index (χ0n) is 17.4. The van der Waals surface area contributed by atoms with Crippen molar-refractivity contribution in [3.8, 4) is 0 Å². The van der Waals surface area contributed by atoms with Crippen LogP contribution in [0.5, 0.6) is 0 Å². The third-order valence-electron chi connectivity index (χ3n) is 5.58. The number of amides is 1. The summed E-state index contributed by atoms with van der Waals surface area (Å²) in [7, 11) is 1.91. The molecule has 31 heavy (non-hydrogen) atoms. The van der Waals surface area contributed by atoms with Gasteiger partial charge in [0.2, 0.25) is 0 Å². The minimum atomic E-state index is -5.08. The Labute approximate surface area is 178 Å². The van der Waals surface area contributed by atoms with Crippen LogP contribution in [0.15, 0.2) is 18.3 Å². The molecule has 1 aromatic heterocycles. The average molecular weight is 447 g/mol. The van der Waals surface area contributed by atoms with Crippen LogP contribution >= 0.6 is 0 Å². The highest BCUT2D eigenvalue weighted by atomic mass is 19.4. The molecule has 1 aromatic rings. The maximum atomic E-state index is 12.9. The second kappa shape index (κ2) is 9.58. The fourth-order valence-electron chi connectivity index (χ4n) is 3.85. The van der Waals surface area contributed by atoms with Crippen molar-refractivity contribution in [1.82, 2.24) is 14.4 Å². The second-order valence-electron chi connectivity index (χ2n) is 8.30. The van der Waals surface area contributed by atoms with Crippen molar-refractivity contribution in [3.63, 3.8) is 0 Å². The van der Waals surface area contributed by atoms with Gasteiger partial charge in [0.15, 0.2) is 0 Å². The van der Waals surface area contributed by atoms with Crippen LogP contribution in [0.4, 0.5) is 13.2 Å². The first-order valence-electron chi connectivity index (χ1n) is 10.2. The number of ether oxygens (including phenoxy) is 2. The van der Waals surface area contributed by atoms with Crippen molar-refractivity contribution in [2.75, 3.05) is 52.5 Å². The van der Waals surface area contributed by atoms with E-state index in [9.17, 15) is 18.0 Å². The molecule has 3 heterocycles. The molecular formula is C20H28F3N3O5. The van der Waals surface area contributed by atoms with Crippen LogP contribution < -0.4 is 0 Å². The number of hydrogen-bond acceptors (Lipinski definition) is 5. The number of aryl methyl sites for hydroxylation is 1. The topological polar surface area (TPSA) is 84.2 Å². The molecule has 1 atom stereocenters. The van der Waals surface area contributed by atoms with Gasteiger partial charge in [-0.15, -0.1) is 0 Å². The molecule has 0 bridgehead atoms. The lowest BCUT2D eigenvalue weighted by atomic mass is 10.0. The van der Waals surface area contributed by atoms with Crippen LogP contribution in [0, 0.1) is 5.92 Å². The highest BCUT2D eigenvalue weighted by Gasteiger charge is 2.42. The molecule has 11 heteroatoms. The number of nitrogens with zero attached hydrogens (tertiary/aromatic N) is 3. The van der Waals surface area contributed by atoms with E-state index in [1.807, 2.05) is 34.8 Å². The molecule has 0 radical (unpaired) electrons. The summed E-state index contributed by atoms with van der Waals surface area (Å²) in [6.45, 7) is 6.13. The fraction of sp³-hybridized carbons (Fsp3) is 0.700. The number of rotatable bonds is 3. The first-order valence-corrected chi connectivity index (χ1v) is 10.2. The van der Waals surface area contributed by atoms with Gasteiger partial charge in [0.05, 0.1) is 26.4 Å². The number of carbonyl (C=O) groups excluding carboxylic acids is 1. The van der Waals surface area contributed by atoms with Gasteiger partial charge in [-0.2, -0.15) is 13.2 Å². The highest BCUT2D eigenvalue weighted by Crippen LogP contribution is 2.31. The largest absolute Gasteiger partial charge is 0.490 e. The van der Waals surface area contributed by atoms with E-state index >= 15 is 0 Å². The summed E-state index contributed by atoms with van der Waals surface area (Å²) < 4.78 is 45.7. The average Bonchev–Trinajstić information content (AvgIpc) is 3.45. The summed E-state index contributed by atoms with van der Waals surface area (Å²) in [5.74, 6) is -1.82. The van der Waals surface area contributed by atoms with E-state index in [-0.39, 0.29) is 11.5 Å². The molecule has 1 amide bonds. The number of morpholine rings is 1. The third kappa shape index (κ3) is 6.44. The van der Waals surface area contributed by atoms with E-state index in [1.54, 1.807) is 0 Å². The summed E-state index contributed by atoms with van der Waals surface area (Å²) >= 11 is 0. The van der Waals surface area contributed by atoms with Crippen LogP contribution in [0.25, 0.3) is 0 Å². The Hall–Kier alpha value is -2.11. The van der Waals surface area contributed by atoms with Gasteiger partial charge in [0.25, 0.3) is 5.91 Å².